The minimum Gasteiger partial charge on any atom is -0.508 e. The van der Waals surface area contributed by atoms with E-state index >= 15 is 0 Å². The third-order valence-corrected chi connectivity index (χ3v) is 1.62. The molecule has 0 radical (unpaired) electrons. The number of aromatic hydroxyl groups is 1. The Bertz CT molecular complexity index is 228. The molecule has 1 nitrogen and oxygen atoms in total. The second-order valence-electron chi connectivity index (χ2n) is 3.23. The third-order valence-electron chi connectivity index (χ3n) is 1.62. The predicted molar refractivity (Wildman–Crippen MR) is 58.0 cm³/mol. The predicted octanol–water partition coefficient (Wildman–Crippen LogP) is 3.62. The summed E-state index contributed by atoms with van der Waals surface area (Å²) in [6, 6.07) is 7.50. The number of rotatable bonds is 2. The Morgan fingerprint density at radius 3 is 2.15 bits per heavy atom. The van der Waals surface area contributed by atoms with Gasteiger partial charge in [0.1, 0.15) is 5.75 Å². The molecule has 0 aromatic heterocycles. The first-order chi connectivity index (χ1) is 6.20. The maximum absolute atomic E-state index is 9.36. The van der Waals surface area contributed by atoms with Gasteiger partial charge in [0.2, 0.25) is 0 Å². The van der Waals surface area contributed by atoms with Gasteiger partial charge in [-0.2, -0.15) is 0 Å². The lowest BCUT2D eigenvalue weighted by Crippen LogP contribution is -1.93. The molecule has 1 aromatic carbocycles. The molecule has 0 heterocycles. The van der Waals surface area contributed by atoms with Crippen LogP contribution in [-0.4, -0.2) is 5.11 Å². The zero-order chi connectivity index (χ0) is 10.3. The molecule has 1 rings (SSSR count). The van der Waals surface area contributed by atoms with E-state index in [1.807, 2.05) is 32.0 Å². The highest BCUT2D eigenvalue weighted by Crippen LogP contribution is 2.18. The van der Waals surface area contributed by atoms with E-state index in [0.717, 1.165) is 12.0 Å². The third kappa shape index (κ3) is 4.56. The van der Waals surface area contributed by atoms with Gasteiger partial charge < -0.3 is 5.11 Å². The molecule has 0 saturated heterocycles. The number of benzene rings is 1. The zero-order valence-corrected chi connectivity index (χ0v) is 9.04. The second kappa shape index (κ2) is 6.53. The van der Waals surface area contributed by atoms with Gasteiger partial charge in [-0.1, -0.05) is 45.9 Å². The van der Waals surface area contributed by atoms with Crippen LogP contribution in [0.4, 0.5) is 0 Å². The van der Waals surface area contributed by atoms with Crippen molar-refractivity contribution in [1.29, 1.82) is 0 Å². The average molecular weight is 180 g/mol. The Labute approximate surface area is 81.4 Å². The Hall–Kier alpha value is -0.980. The molecule has 0 atom stereocenters. The minimum absolute atomic E-state index is 0.418. The van der Waals surface area contributed by atoms with Crippen LogP contribution in [0, 0.1) is 5.92 Å². The van der Waals surface area contributed by atoms with E-state index in [4.69, 9.17) is 0 Å². The molecular formula is C12H20O. The first kappa shape index (κ1) is 12.0. The summed E-state index contributed by atoms with van der Waals surface area (Å²) in [5.74, 6) is 1.02. The molecule has 13 heavy (non-hydrogen) atoms. The molecule has 1 aromatic rings. The summed E-state index contributed by atoms with van der Waals surface area (Å²) in [4.78, 5) is 0. The molecule has 0 bridgehead atoms. The fourth-order valence-electron chi connectivity index (χ4n) is 1.12. The van der Waals surface area contributed by atoms with Gasteiger partial charge in [-0.3, -0.25) is 0 Å². The van der Waals surface area contributed by atoms with Crippen molar-refractivity contribution in [2.45, 2.75) is 34.1 Å². The van der Waals surface area contributed by atoms with E-state index in [1.165, 1.54) is 0 Å². The van der Waals surface area contributed by atoms with Gasteiger partial charge in [-0.25, -0.2) is 0 Å². The van der Waals surface area contributed by atoms with Crippen LogP contribution >= 0.6 is 0 Å². The fourth-order valence-corrected chi connectivity index (χ4v) is 1.12. The van der Waals surface area contributed by atoms with Crippen molar-refractivity contribution in [2.24, 2.45) is 5.92 Å². The van der Waals surface area contributed by atoms with Crippen molar-refractivity contribution < 1.29 is 5.11 Å². The zero-order valence-electron chi connectivity index (χ0n) is 9.04. The highest BCUT2D eigenvalue weighted by atomic mass is 16.3. The maximum atomic E-state index is 9.36. The van der Waals surface area contributed by atoms with Crippen LogP contribution < -0.4 is 0 Å². The summed E-state index contributed by atoms with van der Waals surface area (Å²) in [6.07, 6.45) is 0.951. The Kier molecular flexibility index (Phi) is 6.03. The van der Waals surface area contributed by atoms with Crippen molar-refractivity contribution in [1.82, 2.24) is 0 Å². The van der Waals surface area contributed by atoms with Crippen LogP contribution in [0.25, 0.3) is 0 Å². The number of para-hydroxylation sites is 1. The van der Waals surface area contributed by atoms with E-state index in [1.54, 1.807) is 6.07 Å². The van der Waals surface area contributed by atoms with Gasteiger partial charge in [0.25, 0.3) is 0 Å². The van der Waals surface area contributed by atoms with Crippen LogP contribution in [0.3, 0.4) is 0 Å². The topological polar surface area (TPSA) is 20.2 Å². The van der Waals surface area contributed by atoms with Crippen LogP contribution in [0.1, 0.15) is 33.3 Å². The van der Waals surface area contributed by atoms with Crippen molar-refractivity contribution in [3.8, 4) is 5.75 Å². The molecule has 0 aliphatic carbocycles. The lowest BCUT2D eigenvalue weighted by molar-refractivity contribution is 0.462. The summed E-state index contributed by atoms with van der Waals surface area (Å²) in [6.45, 7) is 8.29. The van der Waals surface area contributed by atoms with E-state index in [0.29, 0.717) is 11.7 Å². The van der Waals surface area contributed by atoms with Gasteiger partial charge in [0, 0.05) is 0 Å². The lowest BCUT2D eigenvalue weighted by atomic mass is 10.0. The first-order valence-electron chi connectivity index (χ1n) is 4.97. The fraction of sp³-hybridized carbons (Fsp3) is 0.500. The maximum Gasteiger partial charge on any atom is 0.118 e. The van der Waals surface area contributed by atoms with Crippen molar-refractivity contribution in [3.05, 3.63) is 29.8 Å². The molecule has 0 unspecified atom stereocenters. The molecule has 0 amide bonds. The quantitative estimate of drug-likeness (QED) is 0.737. The summed E-state index contributed by atoms with van der Waals surface area (Å²) < 4.78 is 0. The van der Waals surface area contributed by atoms with Crippen molar-refractivity contribution >= 4 is 0 Å². The van der Waals surface area contributed by atoms with E-state index in [2.05, 4.69) is 13.8 Å². The van der Waals surface area contributed by atoms with Crippen LogP contribution in [-0.2, 0) is 6.42 Å². The van der Waals surface area contributed by atoms with Gasteiger partial charge in [0.15, 0.2) is 0 Å². The summed E-state index contributed by atoms with van der Waals surface area (Å²) in [7, 11) is 0. The Balaban J connectivity index is 0.000000671. The molecule has 1 heteroatoms. The average Bonchev–Trinajstić information content (AvgIpc) is 2.12. The highest BCUT2D eigenvalue weighted by molar-refractivity contribution is 5.31. The Morgan fingerprint density at radius 1 is 1.15 bits per heavy atom. The van der Waals surface area contributed by atoms with E-state index < -0.39 is 0 Å². The van der Waals surface area contributed by atoms with Crippen LogP contribution in [0.5, 0.6) is 5.75 Å². The molecular weight excluding hydrogens is 160 g/mol. The molecule has 0 aliphatic rings. The Morgan fingerprint density at radius 2 is 1.69 bits per heavy atom. The summed E-state index contributed by atoms with van der Waals surface area (Å²) in [5, 5.41) is 9.36. The van der Waals surface area contributed by atoms with Gasteiger partial charge >= 0.3 is 0 Å². The monoisotopic (exact) mass is 180 g/mol. The minimum atomic E-state index is 0.418. The first-order valence-corrected chi connectivity index (χ1v) is 4.97. The lowest BCUT2D eigenvalue weighted by Gasteiger charge is -2.05. The van der Waals surface area contributed by atoms with Crippen molar-refractivity contribution in [3.63, 3.8) is 0 Å². The molecule has 0 aliphatic heterocycles. The molecule has 0 fully saturated rings. The number of phenolic OH excluding ortho intramolecular Hbond substituents is 1. The van der Waals surface area contributed by atoms with Crippen LogP contribution in [0.2, 0.25) is 0 Å². The van der Waals surface area contributed by atoms with Gasteiger partial charge in [-0.05, 0) is 24.0 Å². The second-order valence-corrected chi connectivity index (χ2v) is 3.23. The molecule has 1 N–H and O–H groups in total. The van der Waals surface area contributed by atoms with Gasteiger partial charge in [0.05, 0.1) is 0 Å². The number of hydrogen-bond donors (Lipinski definition) is 1. The van der Waals surface area contributed by atoms with Crippen molar-refractivity contribution in [2.75, 3.05) is 0 Å². The standard InChI is InChI=1S/C10H14O.C2H6/c1-8(2)7-9-5-3-4-6-10(9)11;1-2/h3-6,8,11H,7H2,1-2H3;1-2H3. The number of hydrogen-bond acceptors (Lipinski definition) is 1. The SMILES string of the molecule is CC.CC(C)Cc1ccccc1O. The largest absolute Gasteiger partial charge is 0.508 e. The van der Waals surface area contributed by atoms with E-state index in [-0.39, 0.29) is 0 Å². The smallest absolute Gasteiger partial charge is 0.118 e. The normalized spacial score (nSPS) is 9.31. The molecule has 74 valence electrons. The van der Waals surface area contributed by atoms with Gasteiger partial charge in [-0.15, -0.1) is 0 Å². The number of phenols is 1. The summed E-state index contributed by atoms with van der Waals surface area (Å²) >= 11 is 0. The summed E-state index contributed by atoms with van der Waals surface area (Å²) in [5.41, 5.74) is 1.04. The molecule has 0 saturated carbocycles. The van der Waals surface area contributed by atoms with Crippen LogP contribution in [0.15, 0.2) is 24.3 Å². The van der Waals surface area contributed by atoms with E-state index in [9.17, 15) is 5.11 Å². The molecule has 0 spiro atoms. The highest BCUT2D eigenvalue weighted by Gasteiger charge is 2.00.